The first-order valence-corrected chi connectivity index (χ1v) is 8.85. The standard InChI is InChI=1S/C17H29N5O2/c1-3-4-9-19-16(23)12-21(2)17(24)13-22-15(7-10-20-22)14-6-5-8-18-11-14/h7,10,14,18H,3-6,8-9,11-13H2,1-2H3,(H,19,23)/t14-/m0/s1. The van der Waals surface area contributed by atoms with E-state index < -0.39 is 0 Å². The lowest BCUT2D eigenvalue weighted by Crippen LogP contribution is -2.40. The summed E-state index contributed by atoms with van der Waals surface area (Å²) in [5.74, 6) is 0.183. The van der Waals surface area contributed by atoms with Crippen LogP contribution in [-0.2, 0) is 16.1 Å². The van der Waals surface area contributed by atoms with Gasteiger partial charge < -0.3 is 15.5 Å². The third-order valence-corrected chi connectivity index (χ3v) is 4.41. The van der Waals surface area contributed by atoms with Crippen molar-refractivity contribution in [3.05, 3.63) is 18.0 Å². The van der Waals surface area contributed by atoms with Crippen LogP contribution in [0, 0.1) is 0 Å². The van der Waals surface area contributed by atoms with Crippen molar-refractivity contribution in [3.63, 3.8) is 0 Å². The summed E-state index contributed by atoms with van der Waals surface area (Å²) in [4.78, 5) is 25.7. The molecule has 1 aliphatic rings. The zero-order valence-corrected chi connectivity index (χ0v) is 14.8. The molecule has 24 heavy (non-hydrogen) atoms. The molecule has 0 radical (unpaired) electrons. The maximum atomic E-state index is 12.4. The van der Waals surface area contributed by atoms with Gasteiger partial charge >= 0.3 is 0 Å². The summed E-state index contributed by atoms with van der Waals surface area (Å²) in [7, 11) is 1.66. The molecule has 0 saturated carbocycles. The molecular formula is C17H29N5O2. The fourth-order valence-electron chi connectivity index (χ4n) is 2.94. The van der Waals surface area contributed by atoms with Gasteiger partial charge in [0.25, 0.3) is 0 Å². The maximum absolute atomic E-state index is 12.4. The van der Waals surface area contributed by atoms with E-state index in [1.165, 1.54) is 4.90 Å². The lowest BCUT2D eigenvalue weighted by molar-refractivity contribution is -0.135. The van der Waals surface area contributed by atoms with Crippen LogP contribution in [-0.4, -0.2) is 59.7 Å². The Kier molecular flexibility index (Phi) is 7.24. The van der Waals surface area contributed by atoms with Crippen molar-refractivity contribution >= 4 is 11.8 Å². The molecule has 1 atom stereocenters. The normalized spacial score (nSPS) is 17.5. The number of hydrogen-bond donors (Lipinski definition) is 2. The van der Waals surface area contributed by atoms with Crippen LogP contribution in [0.4, 0.5) is 0 Å². The number of nitrogens with one attached hydrogen (secondary N) is 2. The molecule has 0 spiro atoms. The lowest BCUT2D eigenvalue weighted by atomic mass is 9.96. The average Bonchev–Trinajstić information content (AvgIpc) is 3.04. The highest BCUT2D eigenvalue weighted by Crippen LogP contribution is 2.22. The number of unbranched alkanes of at least 4 members (excludes halogenated alkanes) is 1. The second-order valence-electron chi connectivity index (χ2n) is 6.41. The number of rotatable bonds is 8. The van der Waals surface area contributed by atoms with Crippen LogP contribution in [0.15, 0.2) is 12.3 Å². The molecule has 7 heteroatoms. The SMILES string of the molecule is CCCCNC(=O)CN(C)C(=O)Cn1nccc1[C@H]1CCCNC1. The second kappa shape index (κ2) is 9.42. The van der Waals surface area contributed by atoms with Crippen LogP contribution in [0.1, 0.15) is 44.2 Å². The van der Waals surface area contributed by atoms with E-state index >= 15 is 0 Å². The summed E-state index contributed by atoms with van der Waals surface area (Å²) < 4.78 is 1.77. The Balaban J connectivity index is 1.85. The highest BCUT2D eigenvalue weighted by molar-refractivity contribution is 5.84. The van der Waals surface area contributed by atoms with Gasteiger partial charge in [-0.25, -0.2) is 0 Å². The third kappa shape index (κ3) is 5.33. The van der Waals surface area contributed by atoms with Crippen LogP contribution in [0.2, 0.25) is 0 Å². The van der Waals surface area contributed by atoms with E-state index in [0.29, 0.717) is 12.5 Å². The predicted octanol–water partition coefficient (Wildman–Crippen LogP) is 0.725. The molecule has 2 rings (SSSR count). The number of nitrogens with zero attached hydrogens (tertiary/aromatic N) is 3. The highest BCUT2D eigenvalue weighted by atomic mass is 16.2. The first kappa shape index (κ1) is 18.4. The van der Waals surface area contributed by atoms with Gasteiger partial charge in [0, 0.05) is 37.9 Å². The van der Waals surface area contributed by atoms with Crippen LogP contribution in [0.3, 0.4) is 0 Å². The van der Waals surface area contributed by atoms with Gasteiger partial charge in [0.05, 0.1) is 6.54 Å². The largest absolute Gasteiger partial charge is 0.355 e. The van der Waals surface area contributed by atoms with E-state index in [1.54, 1.807) is 17.9 Å². The minimum Gasteiger partial charge on any atom is -0.355 e. The zero-order valence-electron chi connectivity index (χ0n) is 14.8. The Morgan fingerprint density at radius 3 is 3.04 bits per heavy atom. The van der Waals surface area contributed by atoms with Crippen LogP contribution >= 0.6 is 0 Å². The molecule has 2 heterocycles. The molecule has 1 aliphatic heterocycles. The van der Waals surface area contributed by atoms with Crippen LogP contribution < -0.4 is 10.6 Å². The molecular weight excluding hydrogens is 306 g/mol. The van der Waals surface area contributed by atoms with E-state index in [9.17, 15) is 9.59 Å². The van der Waals surface area contributed by atoms with Gasteiger partial charge in [-0.1, -0.05) is 13.3 Å². The number of amides is 2. The molecule has 0 aromatic carbocycles. The van der Waals surface area contributed by atoms with Gasteiger partial charge in [-0.2, -0.15) is 5.10 Å². The van der Waals surface area contributed by atoms with Gasteiger partial charge in [0.1, 0.15) is 6.54 Å². The minimum atomic E-state index is -0.114. The van der Waals surface area contributed by atoms with Crippen molar-refractivity contribution in [2.24, 2.45) is 0 Å². The zero-order chi connectivity index (χ0) is 17.4. The summed E-state index contributed by atoms with van der Waals surface area (Å²) in [5.41, 5.74) is 1.09. The highest BCUT2D eigenvalue weighted by Gasteiger charge is 2.21. The monoisotopic (exact) mass is 335 g/mol. The number of carbonyl (C=O) groups is 2. The van der Waals surface area contributed by atoms with E-state index in [0.717, 1.165) is 44.5 Å². The van der Waals surface area contributed by atoms with E-state index in [2.05, 4.69) is 22.7 Å². The average molecular weight is 335 g/mol. The molecule has 7 nitrogen and oxygen atoms in total. The quantitative estimate of drug-likeness (QED) is 0.686. The van der Waals surface area contributed by atoms with E-state index in [1.807, 2.05) is 6.07 Å². The summed E-state index contributed by atoms with van der Waals surface area (Å²) in [5, 5.41) is 10.5. The molecule has 134 valence electrons. The van der Waals surface area contributed by atoms with Crippen LogP contribution in [0.5, 0.6) is 0 Å². The lowest BCUT2D eigenvalue weighted by Gasteiger charge is -2.24. The second-order valence-corrected chi connectivity index (χ2v) is 6.41. The first-order valence-electron chi connectivity index (χ1n) is 8.85. The van der Waals surface area contributed by atoms with Crippen molar-refractivity contribution in [3.8, 4) is 0 Å². The van der Waals surface area contributed by atoms with Gasteiger partial charge in [0.2, 0.25) is 11.8 Å². The number of hydrogen-bond acceptors (Lipinski definition) is 4. The summed E-state index contributed by atoms with van der Waals surface area (Å²) in [6.07, 6.45) is 5.99. The topological polar surface area (TPSA) is 79.3 Å². The predicted molar refractivity (Wildman–Crippen MR) is 92.6 cm³/mol. The molecule has 2 amide bonds. The Morgan fingerprint density at radius 1 is 1.50 bits per heavy atom. The summed E-state index contributed by atoms with van der Waals surface area (Å²) >= 11 is 0. The first-order chi connectivity index (χ1) is 11.6. The molecule has 0 unspecified atom stereocenters. The summed E-state index contributed by atoms with van der Waals surface area (Å²) in [6, 6.07) is 1.99. The van der Waals surface area contributed by atoms with Gasteiger partial charge in [-0.15, -0.1) is 0 Å². The van der Waals surface area contributed by atoms with E-state index in [4.69, 9.17) is 0 Å². The van der Waals surface area contributed by atoms with Gasteiger partial charge in [0.15, 0.2) is 0 Å². The van der Waals surface area contributed by atoms with Crippen molar-refractivity contribution < 1.29 is 9.59 Å². The molecule has 0 aliphatic carbocycles. The minimum absolute atomic E-state index is 0.0874. The Morgan fingerprint density at radius 2 is 2.33 bits per heavy atom. The Labute approximate surface area is 143 Å². The fourth-order valence-corrected chi connectivity index (χ4v) is 2.94. The molecule has 1 fully saturated rings. The van der Waals surface area contributed by atoms with Crippen molar-refractivity contribution in [1.82, 2.24) is 25.3 Å². The van der Waals surface area contributed by atoms with Crippen molar-refractivity contribution in [2.75, 3.05) is 33.2 Å². The van der Waals surface area contributed by atoms with Gasteiger partial charge in [-0.3, -0.25) is 14.3 Å². The van der Waals surface area contributed by atoms with Crippen molar-refractivity contribution in [1.29, 1.82) is 0 Å². The molecule has 2 N–H and O–H groups in total. The number of likely N-dealkylation sites (N-methyl/N-ethyl adjacent to an activating group) is 1. The Hall–Kier alpha value is -1.89. The smallest absolute Gasteiger partial charge is 0.244 e. The third-order valence-electron chi connectivity index (χ3n) is 4.41. The molecule has 1 aromatic heterocycles. The number of carbonyl (C=O) groups excluding carboxylic acids is 2. The molecule has 1 saturated heterocycles. The van der Waals surface area contributed by atoms with Gasteiger partial charge in [-0.05, 0) is 31.9 Å². The fraction of sp³-hybridized carbons (Fsp3) is 0.706. The molecule has 1 aromatic rings. The molecule has 0 bridgehead atoms. The summed E-state index contributed by atoms with van der Waals surface area (Å²) in [6.45, 7) is 4.98. The van der Waals surface area contributed by atoms with E-state index in [-0.39, 0.29) is 24.9 Å². The Bertz CT molecular complexity index is 537. The number of piperidine rings is 1. The maximum Gasteiger partial charge on any atom is 0.244 e. The number of aromatic nitrogens is 2. The van der Waals surface area contributed by atoms with Crippen LogP contribution in [0.25, 0.3) is 0 Å². The van der Waals surface area contributed by atoms with Crippen molar-refractivity contribution in [2.45, 2.75) is 45.1 Å².